The molecule has 0 atom stereocenters. The van der Waals surface area contributed by atoms with Gasteiger partial charge in [0.2, 0.25) is 0 Å². The molecule has 186 valence electrons. The van der Waals surface area contributed by atoms with Gasteiger partial charge in [-0.2, -0.15) is 28.1 Å². The van der Waals surface area contributed by atoms with Crippen molar-refractivity contribution in [2.45, 2.75) is 6.18 Å². The number of nitrogens with one attached hydrogen (secondary N) is 1. The van der Waals surface area contributed by atoms with Gasteiger partial charge in [0, 0.05) is 40.3 Å². The summed E-state index contributed by atoms with van der Waals surface area (Å²) in [5.41, 5.74) is 0.403. The second-order valence-electron chi connectivity index (χ2n) is 7.81. The number of hydrogen-bond donors (Lipinski definition) is 2. The highest BCUT2D eigenvalue weighted by Gasteiger charge is 2.31. The number of aromatic nitrogens is 5. The monoisotopic (exact) mass is 510 g/mol. The number of nitrogens with zero attached hydrogens (tertiary/aromatic N) is 5. The van der Waals surface area contributed by atoms with E-state index in [0.29, 0.717) is 16.8 Å². The molecule has 2 aromatic carbocycles. The fraction of sp³-hybridized carbons (Fsp3) is 0.0417. The molecule has 0 bridgehead atoms. The van der Waals surface area contributed by atoms with Crippen molar-refractivity contribution < 1.29 is 32.3 Å². The molecule has 0 saturated heterocycles. The third-order valence-electron chi connectivity index (χ3n) is 5.44. The molecule has 0 aliphatic rings. The van der Waals surface area contributed by atoms with Gasteiger partial charge >= 0.3 is 12.3 Å². The van der Waals surface area contributed by atoms with Crippen molar-refractivity contribution in [1.29, 1.82) is 0 Å². The second kappa shape index (κ2) is 8.86. The topological polar surface area (TPSA) is 114 Å². The van der Waals surface area contributed by atoms with Gasteiger partial charge in [0.15, 0.2) is 5.65 Å². The molecule has 0 unspecified atom stereocenters. The molecule has 0 radical (unpaired) electrons. The molecule has 0 saturated carbocycles. The van der Waals surface area contributed by atoms with Crippen LogP contribution in [0.15, 0.2) is 73.3 Å². The van der Waals surface area contributed by atoms with Crippen LogP contribution >= 0.6 is 0 Å². The van der Waals surface area contributed by atoms with E-state index in [1.54, 1.807) is 0 Å². The Kier molecular flexibility index (Phi) is 5.66. The Labute approximate surface area is 204 Å². The first-order valence-corrected chi connectivity index (χ1v) is 10.5. The number of anilines is 1. The average Bonchev–Trinajstić information content (AvgIpc) is 3.52. The van der Waals surface area contributed by atoms with E-state index in [9.17, 15) is 27.2 Å². The maximum absolute atomic E-state index is 14.9. The van der Waals surface area contributed by atoms with Crippen LogP contribution in [-0.2, 0) is 6.18 Å². The van der Waals surface area contributed by atoms with Gasteiger partial charge < -0.3 is 10.4 Å². The normalized spacial score (nSPS) is 11.6. The molecule has 5 rings (SSSR count). The number of benzene rings is 2. The van der Waals surface area contributed by atoms with Crippen LogP contribution in [0.1, 0.15) is 15.9 Å². The molecular weight excluding hydrogens is 496 g/mol. The van der Waals surface area contributed by atoms with Crippen LogP contribution < -0.4 is 5.32 Å². The summed E-state index contributed by atoms with van der Waals surface area (Å²) in [5, 5.41) is 19.6. The Morgan fingerprint density at radius 3 is 2.51 bits per heavy atom. The molecule has 13 heteroatoms. The summed E-state index contributed by atoms with van der Waals surface area (Å²) in [5.74, 6) is -1.46. The largest absolute Gasteiger partial charge is 0.463 e. The van der Waals surface area contributed by atoms with E-state index in [2.05, 4.69) is 20.5 Å². The quantitative estimate of drug-likeness (QED) is 0.322. The summed E-state index contributed by atoms with van der Waals surface area (Å²) >= 11 is 0. The van der Waals surface area contributed by atoms with Crippen molar-refractivity contribution >= 4 is 23.3 Å². The SMILES string of the molecule is O=C(Nc1ccc(F)c(-c2ccnc3c(-c4cnn(C(=O)O)c4)cnn23)c1)c1cccc(C(F)(F)F)c1. The van der Waals surface area contributed by atoms with Crippen LogP contribution in [0.25, 0.3) is 28.0 Å². The van der Waals surface area contributed by atoms with E-state index in [4.69, 9.17) is 5.11 Å². The Morgan fingerprint density at radius 1 is 0.973 bits per heavy atom. The van der Waals surface area contributed by atoms with Gasteiger partial charge in [-0.05, 0) is 42.5 Å². The number of rotatable bonds is 4. The van der Waals surface area contributed by atoms with E-state index in [1.165, 1.54) is 53.6 Å². The summed E-state index contributed by atoms with van der Waals surface area (Å²) in [7, 11) is 0. The molecule has 0 aliphatic carbocycles. The van der Waals surface area contributed by atoms with Gasteiger partial charge in [-0.15, -0.1) is 0 Å². The van der Waals surface area contributed by atoms with Crippen LogP contribution in [0.4, 0.5) is 28.0 Å². The Hall–Kier alpha value is -5.07. The summed E-state index contributed by atoms with van der Waals surface area (Å²) < 4.78 is 55.9. The molecule has 37 heavy (non-hydrogen) atoms. The maximum atomic E-state index is 14.9. The zero-order valence-electron chi connectivity index (χ0n) is 18.4. The minimum absolute atomic E-state index is 0.0325. The predicted octanol–water partition coefficient (Wildman–Crippen LogP) is 5.20. The minimum Gasteiger partial charge on any atom is -0.463 e. The van der Waals surface area contributed by atoms with Crippen LogP contribution in [0.5, 0.6) is 0 Å². The molecular formula is C24H14F4N6O3. The predicted molar refractivity (Wildman–Crippen MR) is 122 cm³/mol. The number of hydrogen-bond acceptors (Lipinski definition) is 5. The van der Waals surface area contributed by atoms with Crippen LogP contribution in [0.2, 0.25) is 0 Å². The molecule has 0 fully saturated rings. The van der Waals surface area contributed by atoms with E-state index in [-0.39, 0.29) is 22.5 Å². The Balaban J connectivity index is 1.49. The summed E-state index contributed by atoms with van der Waals surface area (Å²) in [6, 6.07) is 9.12. The van der Waals surface area contributed by atoms with Gasteiger partial charge in [0.1, 0.15) is 5.82 Å². The number of carbonyl (C=O) groups is 2. The summed E-state index contributed by atoms with van der Waals surface area (Å²) in [6.45, 7) is 0. The number of halogens is 4. The molecule has 9 nitrogen and oxygen atoms in total. The first-order chi connectivity index (χ1) is 17.6. The van der Waals surface area contributed by atoms with Crippen molar-refractivity contribution in [2.75, 3.05) is 5.32 Å². The van der Waals surface area contributed by atoms with E-state index < -0.39 is 29.6 Å². The minimum atomic E-state index is -4.61. The third kappa shape index (κ3) is 4.49. The molecule has 5 aromatic rings. The lowest BCUT2D eigenvalue weighted by Crippen LogP contribution is -2.14. The first-order valence-electron chi connectivity index (χ1n) is 10.5. The fourth-order valence-electron chi connectivity index (χ4n) is 3.70. The highest BCUT2D eigenvalue weighted by Crippen LogP contribution is 2.31. The zero-order chi connectivity index (χ0) is 26.3. The standard InChI is InChI=1S/C24H14F4N6O3/c25-19-5-4-16(32-22(35)13-2-1-3-15(8-13)24(26,27)28)9-17(19)20-6-7-29-21-18(11-31-34(20)21)14-10-30-33(12-14)23(36)37/h1-12H,(H,32,35)(H,36,37). The first kappa shape index (κ1) is 23.7. The lowest BCUT2D eigenvalue weighted by Gasteiger charge is -2.11. The summed E-state index contributed by atoms with van der Waals surface area (Å²) in [6.07, 6.45) is -0.456. The van der Waals surface area contributed by atoms with Gasteiger partial charge in [-0.25, -0.2) is 18.7 Å². The lowest BCUT2D eigenvalue weighted by molar-refractivity contribution is -0.137. The van der Waals surface area contributed by atoms with Crippen molar-refractivity contribution in [1.82, 2.24) is 24.4 Å². The lowest BCUT2D eigenvalue weighted by atomic mass is 10.1. The van der Waals surface area contributed by atoms with Gasteiger partial charge in [-0.1, -0.05) is 6.07 Å². The number of alkyl halides is 3. The van der Waals surface area contributed by atoms with Gasteiger partial charge in [0.25, 0.3) is 5.91 Å². The molecule has 1 amide bonds. The number of amides is 1. The van der Waals surface area contributed by atoms with Crippen LogP contribution in [0, 0.1) is 5.82 Å². The zero-order valence-corrected chi connectivity index (χ0v) is 18.4. The fourth-order valence-corrected chi connectivity index (χ4v) is 3.70. The van der Waals surface area contributed by atoms with Crippen molar-refractivity contribution in [3.63, 3.8) is 0 Å². The highest BCUT2D eigenvalue weighted by molar-refractivity contribution is 6.04. The number of fused-ring (bicyclic) bond motifs is 1. The van der Waals surface area contributed by atoms with Gasteiger partial charge in [-0.3, -0.25) is 4.79 Å². The highest BCUT2D eigenvalue weighted by atomic mass is 19.4. The molecule has 0 spiro atoms. The van der Waals surface area contributed by atoms with Crippen molar-refractivity contribution in [3.05, 3.63) is 90.3 Å². The Morgan fingerprint density at radius 2 is 1.78 bits per heavy atom. The number of carbonyl (C=O) groups excluding carboxylic acids is 1. The van der Waals surface area contributed by atoms with Crippen molar-refractivity contribution in [2.24, 2.45) is 0 Å². The third-order valence-corrected chi connectivity index (χ3v) is 5.44. The van der Waals surface area contributed by atoms with Crippen molar-refractivity contribution in [3.8, 4) is 22.4 Å². The van der Waals surface area contributed by atoms with Crippen LogP contribution in [-0.4, -0.2) is 41.5 Å². The smallest absolute Gasteiger partial charge is 0.432 e. The Bertz CT molecular complexity index is 1670. The maximum Gasteiger partial charge on any atom is 0.432 e. The second-order valence-corrected chi connectivity index (χ2v) is 7.81. The van der Waals surface area contributed by atoms with Crippen LogP contribution in [0.3, 0.4) is 0 Å². The molecule has 2 N–H and O–H groups in total. The van der Waals surface area contributed by atoms with E-state index >= 15 is 0 Å². The van der Waals surface area contributed by atoms with Gasteiger partial charge in [0.05, 0.1) is 23.7 Å². The molecule has 3 heterocycles. The summed E-state index contributed by atoms with van der Waals surface area (Å²) in [4.78, 5) is 28.0. The van der Waals surface area contributed by atoms with E-state index in [1.807, 2.05) is 0 Å². The molecule has 3 aromatic heterocycles. The average molecular weight is 510 g/mol. The number of carboxylic acid groups (broad SMARTS) is 1. The van der Waals surface area contributed by atoms with E-state index in [0.717, 1.165) is 28.9 Å². The molecule has 0 aliphatic heterocycles.